The quantitative estimate of drug-likeness (QED) is 0.759. The highest BCUT2D eigenvalue weighted by Gasteiger charge is 2.31. The number of imidazole rings is 1. The van der Waals surface area contributed by atoms with Gasteiger partial charge in [-0.3, -0.25) is 14.8 Å². The maximum Gasteiger partial charge on any atom is 0.406 e. The number of halogens is 3. The molecule has 0 unspecified atom stereocenters. The van der Waals surface area contributed by atoms with Crippen LogP contribution in [0.2, 0.25) is 0 Å². The summed E-state index contributed by atoms with van der Waals surface area (Å²) >= 11 is 0. The Morgan fingerprint density at radius 2 is 2.11 bits per heavy atom. The minimum atomic E-state index is -4.52. The van der Waals surface area contributed by atoms with Gasteiger partial charge in [0.25, 0.3) is 5.91 Å². The molecule has 3 aromatic rings. The first-order valence-corrected chi connectivity index (χ1v) is 8.18. The number of nitrogens with one attached hydrogen (secondary N) is 1. The van der Waals surface area contributed by atoms with Crippen LogP contribution in [0.25, 0.3) is 11.0 Å². The first-order chi connectivity index (χ1) is 12.8. The molecule has 0 spiro atoms. The summed E-state index contributed by atoms with van der Waals surface area (Å²) in [7, 11) is 0. The molecule has 0 saturated heterocycles. The second-order valence-electron chi connectivity index (χ2n) is 6.32. The summed E-state index contributed by atoms with van der Waals surface area (Å²) in [5.74, 6) is -0.892. The molecule has 0 aliphatic heterocycles. The van der Waals surface area contributed by atoms with E-state index in [1.54, 1.807) is 10.9 Å². The highest BCUT2D eigenvalue weighted by Crippen LogP contribution is 2.34. The molecule has 1 aliphatic rings. The molecular weight excluding hydrogens is 361 g/mol. The van der Waals surface area contributed by atoms with E-state index in [1.807, 2.05) is 6.07 Å². The molecule has 1 fully saturated rings. The average Bonchev–Trinajstić information content (AvgIpc) is 3.26. The third-order valence-electron chi connectivity index (χ3n) is 4.20. The number of alkyl halides is 3. The molecule has 10 heteroatoms. The standard InChI is InChI=1S/C17H13F3N6O/c18-17(19,20)9-25-14-7-10(8-21)1-4-12(14)22-16(25)23-15(27)13-5-6-26(24-13)11-2-3-11/h1,4-7,11H,2-3,9H2,(H,22,23,27). The third kappa shape index (κ3) is 3.48. The van der Waals surface area contributed by atoms with Crippen LogP contribution in [0, 0.1) is 11.3 Å². The lowest BCUT2D eigenvalue weighted by Crippen LogP contribution is -2.22. The van der Waals surface area contributed by atoms with Crippen LogP contribution in [0.1, 0.15) is 34.9 Å². The topological polar surface area (TPSA) is 88.5 Å². The second-order valence-corrected chi connectivity index (χ2v) is 6.32. The molecule has 0 bridgehead atoms. The fourth-order valence-corrected chi connectivity index (χ4v) is 2.79. The summed E-state index contributed by atoms with van der Waals surface area (Å²) in [5, 5.41) is 15.6. The van der Waals surface area contributed by atoms with E-state index in [9.17, 15) is 18.0 Å². The summed E-state index contributed by atoms with van der Waals surface area (Å²) in [6.07, 6.45) is -0.871. The van der Waals surface area contributed by atoms with Gasteiger partial charge in [0.05, 0.1) is 28.7 Å². The zero-order chi connectivity index (χ0) is 19.2. The van der Waals surface area contributed by atoms with Crippen LogP contribution in [0.4, 0.5) is 19.1 Å². The van der Waals surface area contributed by atoms with Crippen molar-refractivity contribution in [2.24, 2.45) is 0 Å². The number of rotatable bonds is 4. The smallest absolute Gasteiger partial charge is 0.301 e. The van der Waals surface area contributed by atoms with E-state index in [0.29, 0.717) is 0 Å². The van der Waals surface area contributed by atoms with E-state index >= 15 is 0 Å². The van der Waals surface area contributed by atoms with E-state index in [2.05, 4.69) is 15.4 Å². The minimum Gasteiger partial charge on any atom is -0.301 e. The highest BCUT2D eigenvalue weighted by molar-refractivity contribution is 6.02. The summed E-state index contributed by atoms with van der Waals surface area (Å²) < 4.78 is 41.6. The number of nitriles is 1. The fraction of sp³-hybridized carbons (Fsp3) is 0.294. The van der Waals surface area contributed by atoms with Gasteiger partial charge in [-0.2, -0.15) is 23.5 Å². The maximum absolute atomic E-state index is 13.0. The molecule has 27 heavy (non-hydrogen) atoms. The molecule has 2 heterocycles. The van der Waals surface area contributed by atoms with Gasteiger partial charge in [0, 0.05) is 6.20 Å². The lowest BCUT2D eigenvalue weighted by atomic mass is 10.2. The summed E-state index contributed by atoms with van der Waals surface area (Å²) in [5.41, 5.74) is 0.666. The van der Waals surface area contributed by atoms with Crippen LogP contribution >= 0.6 is 0 Å². The number of carbonyl (C=O) groups excluding carboxylic acids is 1. The number of hydrogen-bond donors (Lipinski definition) is 1. The Labute approximate surface area is 151 Å². The van der Waals surface area contributed by atoms with Gasteiger partial charge in [-0.05, 0) is 37.1 Å². The van der Waals surface area contributed by atoms with Crippen molar-refractivity contribution in [1.82, 2.24) is 19.3 Å². The number of hydrogen-bond acceptors (Lipinski definition) is 4. The second kappa shape index (κ2) is 6.12. The number of fused-ring (bicyclic) bond motifs is 1. The van der Waals surface area contributed by atoms with E-state index in [0.717, 1.165) is 17.4 Å². The largest absolute Gasteiger partial charge is 0.406 e. The summed E-state index contributed by atoms with van der Waals surface area (Å²) in [4.78, 5) is 16.5. The Hall–Kier alpha value is -3.35. The number of benzene rings is 1. The number of amides is 1. The van der Waals surface area contributed by atoms with Crippen LogP contribution in [0.15, 0.2) is 30.5 Å². The van der Waals surface area contributed by atoms with Gasteiger partial charge in [0.1, 0.15) is 6.54 Å². The Morgan fingerprint density at radius 1 is 1.33 bits per heavy atom. The first kappa shape index (κ1) is 17.1. The first-order valence-electron chi connectivity index (χ1n) is 8.18. The Balaban J connectivity index is 1.69. The minimum absolute atomic E-state index is 0.102. The van der Waals surface area contributed by atoms with Crippen LogP contribution < -0.4 is 5.32 Å². The van der Waals surface area contributed by atoms with Crippen molar-refractivity contribution in [1.29, 1.82) is 5.26 Å². The lowest BCUT2D eigenvalue weighted by molar-refractivity contribution is -0.139. The van der Waals surface area contributed by atoms with Crippen LogP contribution in [-0.2, 0) is 6.54 Å². The molecule has 1 saturated carbocycles. The van der Waals surface area contributed by atoms with Crippen molar-refractivity contribution in [3.63, 3.8) is 0 Å². The van der Waals surface area contributed by atoms with Gasteiger partial charge in [-0.1, -0.05) is 0 Å². The van der Waals surface area contributed by atoms with Crippen LogP contribution in [-0.4, -0.2) is 31.4 Å². The summed E-state index contributed by atoms with van der Waals surface area (Å²) in [6, 6.07) is 7.89. The number of carbonyl (C=O) groups is 1. The van der Waals surface area contributed by atoms with Crippen LogP contribution in [0.3, 0.4) is 0 Å². The molecule has 4 rings (SSSR count). The highest BCUT2D eigenvalue weighted by atomic mass is 19.4. The van der Waals surface area contributed by atoms with Crippen molar-refractivity contribution in [3.05, 3.63) is 41.7 Å². The lowest BCUT2D eigenvalue weighted by Gasteiger charge is -2.12. The molecule has 2 aromatic heterocycles. The molecule has 0 radical (unpaired) electrons. The van der Waals surface area contributed by atoms with E-state index in [-0.39, 0.29) is 34.3 Å². The Kier molecular flexibility index (Phi) is 3.87. The molecule has 138 valence electrons. The van der Waals surface area contributed by atoms with E-state index < -0.39 is 18.6 Å². The average molecular weight is 374 g/mol. The number of anilines is 1. The van der Waals surface area contributed by atoms with Gasteiger partial charge in [-0.25, -0.2) is 4.98 Å². The van der Waals surface area contributed by atoms with Gasteiger partial charge in [-0.15, -0.1) is 0 Å². The van der Waals surface area contributed by atoms with Crippen molar-refractivity contribution in [2.45, 2.75) is 31.6 Å². The predicted molar refractivity (Wildman–Crippen MR) is 89.0 cm³/mol. The number of aromatic nitrogens is 4. The molecular formula is C17H13F3N6O. The van der Waals surface area contributed by atoms with Crippen molar-refractivity contribution < 1.29 is 18.0 Å². The van der Waals surface area contributed by atoms with Crippen LogP contribution in [0.5, 0.6) is 0 Å². The van der Waals surface area contributed by atoms with Gasteiger partial charge >= 0.3 is 6.18 Å². The summed E-state index contributed by atoms with van der Waals surface area (Å²) in [6.45, 7) is -1.34. The Bertz CT molecular complexity index is 1070. The van der Waals surface area contributed by atoms with E-state index in [4.69, 9.17) is 5.26 Å². The van der Waals surface area contributed by atoms with Gasteiger partial charge in [0.2, 0.25) is 5.95 Å². The van der Waals surface area contributed by atoms with Crippen molar-refractivity contribution >= 4 is 22.9 Å². The third-order valence-corrected chi connectivity index (χ3v) is 4.20. The SMILES string of the molecule is N#Cc1ccc2nc(NC(=O)c3ccn(C4CC4)n3)n(CC(F)(F)F)c2c1. The molecule has 1 aliphatic carbocycles. The molecule has 7 nitrogen and oxygen atoms in total. The molecule has 0 atom stereocenters. The van der Waals surface area contributed by atoms with Gasteiger partial charge < -0.3 is 4.57 Å². The molecule has 1 amide bonds. The maximum atomic E-state index is 13.0. The molecule has 1 aromatic carbocycles. The monoisotopic (exact) mass is 374 g/mol. The number of nitrogens with zero attached hydrogens (tertiary/aromatic N) is 5. The van der Waals surface area contributed by atoms with Gasteiger partial charge in [0.15, 0.2) is 5.69 Å². The van der Waals surface area contributed by atoms with Crippen molar-refractivity contribution in [2.75, 3.05) is 5.32 Å². The zero-order valence-corrected chi connectivity index (χ0v) is 13.9. The predicted octanol–water partition coefficient (Wildman–Crippen LogP) is 3.25. The molecule has 1 N–H and O–H groups in total. The van der Waals surface area contributed by atoms with Crippen molar-refractivity contribution in [3.8, 4) is 6.07 Å². The van der Waals surface area contributed by atoms with E-state index in [1.165, 1.54) is 24.3 Å². The normalized spacial score (nSPS) is 14.3. The fourth-order valence-electron chi connectivity index (χ4n) is 2.79. The zero-order valence-electron chi connectivity index (χ0n) is 13.9. The Morgan fingerprint density at radius 3 is 2.78 bits per heavy atom.